The lowest BCUT2D eigenvalue weighted by atomic mass is 10.0. The second-order valence-electron chi connectivity index (χ2n) is 5.17. The molecule has 2 heteroatoms. The summed E-state index contributed by atoms with van der Waals surface area (Å²) in [6.07, 6.45) is 2.22. The van der Waals surface area contributed by atoms with E-state index in [1.54, 1.807) is 12.1 Å². The summed E-state index contributed by atoms with van der Waals surface area (Å²) in [5.74, 6) is -0.160. The lowest BCUT2D eigenvalue weighted by Gasteiger charge is -2.19. The van der Waals surface area contributed by atoms with Crippen LogP contribution in [0.25, 0.3) is 0 Å². The Balaban J connectivity index is 1.67. The van der Waals surface area contributed by atoms with E-state index in [4.69, 9.17) is 0 Å². The maximum Gasteiger partial charge on any atom is 0.123 e. The first kappa shape index (κ1) is 12.4. The molecule has 0 N–H and O–H groups in total. The molecular formula is C17H18FN. The van der Waals surface area contributed by atoms with Gasteiger partial charge in [0.1, 0.15) is 5.82 Å². The largest absolute Gasteiger partial charge is 0.298 e. The van der Waals surface area contributed by atoms with Crippen molar-refractivity contribution < 1.29 is 4.39 Å². The molecule has 0 bridgehead atoms. The lowest BCUT2D eigenvalue weighted by molar-refractivity contribution is 0.279. The van der Waals surface area contributed by atoms with Crippen LogP contribution in [0.5, 0.6) is 0 Å². The number of fused-ring (bicyclic) bond motifs is 1. The zero-order valence-electron chi connectivity index (χ0n) is 11.0. The molecule has 0 spiro atoms. The summed E-state index contributed by atoms with van der Waals surface area (Å²) in [6, 6.07) is 15.6. The molecule has 0 fully saturated rings. The number of halogens is 1. The average molecular weight is 255 g/mol. The van der Waals surface area contributed by atoms with Gasteiger partial charge in [0, 0.05) is 19.6 Å². The Hall–Kier alpha value is -1.67. The summed E-state index contributed by atoms with van der Waals surface area (Å²) in [5.41, 5.74) is 4.14. The highest BCUT2D eigenvalue weighted by Gasteiger charge is 2.13. The van der Waals surface area contributed by atoms with Gasteiger partial charge in [0.2, 0.25) is 0 Å². The van der Waals surface area contributed by atoms with E-state index in [2.05, 4.69) is 29.2 Å². The molecule has 0 amide bonds. The third-order valence-electron chi connectivity index (χ3n) is 3.83. The number of hydrogen-bond donors (Lipinski definition) is 0. The minimum atomic E-state index is -0.160. The van der Waals surface area contributed by atoms with Gasteiger partial charge < -0.3 is 0 Å². The fraction of sp³-hybridized carbons (Fsp3) is 0.294. The summed E-state index contributed by atoms with van der Waals surface area (Å²) >= 11 is 0. The molecule has 0 unspecified atom stereocenters. The molecule has 0 atom stereocenters. The summed E-state index contributed by atoms with van der Waals surface area (Å²) < 4.78 is 12.9. The van der Waals surface area contributed by atoms with Crippen molar-refractivity contribution in [1.29, 1.82) is 0 Å². The first-order valence-corrected chi connectivity index (χ1v) is 6.85. The molecule has 3 rings (SSSR count). The van der Waals surface area contributed by atoms with Crippen molar-refractivity contribution in [2.75, 3.05) is 13.1 Å². The summed E-state index contributed by atoms with van der Waals surface area (Å²) in [6.45, 7) is 3.07. The summed E-state index contributed by atoms with van der Waals surface area (Å²) in [7, 11) is 0. The van der Waals surface area contributed by atoms with Crippen LogP contribution in [0, 0.1) is 5.82 Å². The van der Waals surface area contributed by atoms with Crippen LogP contribution in [0.3, 0.4) is 0 Å². The van der Waals surface area contributed by atoms with Gasteiger partial charge in [0.25, 0.3) is 0 Å². The van der Waals surface area contributed by atoms with E-state index in [1.807, 2.05) is 12.1 Å². The van der Waals surface area contributed by atoms with Gasteiger partial charge in [0.15, 0.2) is 0 Å². The van der Waals surface area contributed by atoms with Crippen molar-refractivity contribution in [2.24, 2.45) is 0 Å². The van der Waals surface area contributed by atoms with Gasteiger partial charge in [-0.1, -0.05) is 36.4 Å². The molecule has 2 aromatic carbocycles. The standard InChI is InChI=1S/C17H18FN/c18-17-7-5-14(6-8-17)13-19-11-9-15-3-1-2-4-16(15)10-12-19/h1-8H,9-13H2. The van der Waals surface area contributed by atoms with E-state index in [1.165, 1.54) is 16.7 Å². The number of rotatable bonds is 2. The molecule has 0 saturated carbocycles. The van der Waals surface area contributed by atoms with Crippen LogP contribution in [-0.2, 0) is 19.4 Å². The predicted molar refractivity (Wildman–Crippen MR) is 75.5 cm³/mol. The number of hydrogen-bond acceptors (Lipinski definition) is 1. The number of benzene rings is 2. The normalized spacial score (nSPS) is 15.8. The fourth-order valence-electron chi connectivity index (χ4n) is 2.72. The molecule has 0 saturated heterocycles. The highest BCUT2D eigenvalue weighted by Crippen LogP contribution is 2.17. The third kappa shape index (κ3) is 3.02. The van der Waals surface area contributed by atoms with Crippen LogP contribution < -0.4 is 0 Å². The minimum absolute atomic E-state index is 0.160. The Bertz CT molecular complexity index is 520. The van der Waals surface area contributed by atoms with Crippen molar-refractivity contribution in [3.8, 4) is 0 Å². The molecule has 1 nitrogen and oxygen atoms in total. The third-order valence-corrected chi connectivity index (χ3v) is 3.83. The van der Waals surface area contributed by atoms with Crippen LogP contribution in [0.1, 0.15) is 16.7 Å². The zero-order chi connectivity index (χ0) is 13.1. The highest BCUT2D eigenvalue weighted by atomic mass is 19.1. The van der Waals surface area contributed by atoms with Gasteiger partial charge in [0.05, 0.1) is 0 Å². The van der Waals surface area contributed by atoms with Crippen molar-refractivity contribution >= 4 is 0 Å². The molecule has 19 heavy (non-hydrogen) atoms. The van der Waals surface area contributed by atoms with Gasteiger partial charge in [-0.15, -0.1) is 0 Å². The Morgan fingerprint density at radius 2 is 1.42 bits per heavy atom. The zero-order valence-corrected chi connectivity index (χ0v) is 11.0. The topological polar surface area (TPSA) is 3.24 Å². The van der Waals surface area contributed by atoms with E-state index in [0.29, 0.717) is 0 Å². The highest BCUT2D eigenvalue weighted by molar-refractivity contribution is 5.28. The van der Waals surface area contributed by atoms with Crippen molar-refractivity contribution in [3.63, 3.8) is 0 Å². The quantitative estimate of drug-likeness (QED) is 0.794. The molecule has 1 aliphatic heterocycles. The smallest absolute Gasteiger partial charge is 0.123 e. The molecule has 0 aliphatic carbocycles. The second kappa shape index (κ2) is 5.54. The van der Waals surface area contributed by atoms with Gasteiger partial charge in [-0.05, 0) is 41.7 Å². The Morgan fingerprint density at radius 1 is 0.842 bits per heavy atom. The Morgan fingerprint density at radius 3 is 2.00 bits per heavy atom. The maximum atomic E-state index is 12.9. The summed E-state index contributed by atoms with van der Waals surface area (Å²) in [5, 5.41) is 0. The van der Waals surface area contributed by atoms with Crippen LogP contribution in [0.4, 0.5) is 4.39 Å². The van der Waals surface area contributed by atoms with Gasteiger partial charge >= 0.3 is 0 Å². The van der Waals surface area contributed by atoms with E-state index in [0.717, 1.165) is 32.5 Å². The monoisotopic (exact) mass is 255 g/mol. The molecule has 1 aliphatic rings. The van der Waals surface area contributed by atoms with Crippen LogP contribution in [-0.4, -0.2) is 18.0 Å². The van der Waals surface area contributed by atoms with E-state index in [9.17, 15) is 4.39 Å². The van der Waals surface area contributed by atoms with E-state index >= 15 is 0 Å². The van der Waals surface area contributed by atoms with Crippen molar-refractivity contribution in [2.45, 2.75) is 19.4 Å². The average Bonchev–Trinajstić information content (AvgIpc) is 2.64. The molecule has 2 aromatic rings. The van der Waals surface area contributed by atoms with Crippen LogP contribution in [0.15, 0.2) is 48.5 Å². The fourth-order valence-corrected chi connectivity index (χ4v) is 2.72. The molecule has 0 radical (unpaired) electrons. The lowest BCUT2D eigenvalue weighted by Crippen LogP contribution is -2.25. The maximum absolute atomic E-state index is 12.9. The first-order chi connectivity index (χ1) is 9.31. The van der Waals surface area contributed by atoms with Crippen LogP contribution in [0.2, 0.25) is 0 Å². The molecule has 1 heterocycles. The van der Waals surface area contributed by atoms with E-state index in [-0.39, 0.29) is 5.82 Å². The summed E-state index contributed by atoms with van der Waals surface area (Å²) in [4.78, 5) is 2.45. The second-order valence-corrected chi connectivity index (χ2v) is 5.17. The van der Waals surface area contributed by atoms with Gasteiger partial charge in [-0.3, -0.25) is 4.90 Å². The SMILES string of the molecule is Fc1ccc(CN2CCc3ccccc3CC2)cc1. The molecule has 98 valence electrons. The van der Waals surface area contributed by atoms with Gasteiger partial charge in [-0.25, -0.2) is 4.39 Å². The van der Waals surface area contributed by atoms with Gasteiger partial charge in [-0.2, -0.15) is 0 Å². The Labute approximate surface area is 113 Å². The predicted octanol–water partition coefficient (Wildman–Crippen LogP) is 3.43. The van der Waals surface area contributed by atoms with Crippen molar-refractivity contribution in [1.82, 2.24) is 4.90 Å². The Kier molecular flexibility index (Phi) is 3.60. The number of nitrogens with zero attached hydrogens (tertiary/aromatic N) is 1. The molecular weight excluding hydrogens is 237 g/mol. The minimum Gasteiger partial charge on any atom is -0.298 e. The van der Waals surface area contributed by atoms with E-state index < -0.39 is 0 Å². The molecule has 0 aromatic heterocycles. The van der Waals surface area contributed by atoms with Crippen LogP contribution >= 0.6 is 0 Å². The first-order valence-electron chi connectivity index (χ1n) is 6.85. The van der Waals surface area contributed by atoms with Crippen molar-refractivity contribution in [3.05, 3.63) is 71.0 Å².